The Bertz CT molecular complexity index is 978. The molecule has 0 bridgehead atoms. The van der Waals surface area contributed by atoms with E-state index in [1.54, 1.807) is 22.3 Å². The summed E-state index contributed by atoms with van der Waals surface area (Å²) in [5, 5.41) is 13.2. The highest BCUT2D eigenvalue weighted by Gasteiger charge is 2.40. The number of anilines is 1. The second-order valence-corrected chi connectivity index (χ2v) is 7.85. The second-order valence-electron chi connectivity index (χ2n) is 6.87. The van der Waals surface area contributed by atoms with Crippen LogP contribution in [-0.4, -0.2) is 16.6 Å². The molecule has 1 unspecified atom stereocenters. The van der Waals surface area contributed by atoms with E-state index in [-0.39, 0.29) is 29.7 Å². The fraction of sp³-hybridized carbons (Fsp3) is 0.300. The van der Waals surface area contributed by atoms with Crippen LogP contribution in [-0.2, 0) is 9.59 Å². The van der Waals surface area contributed by atoms with Crippen molar-refractivity contribution in [3.63, 3.8) is 0 Å². The lowest BCUT2D eigenvalue weighted by Crippen LogP contribution is -2.40. The Morgan fingerprint density at radius 1 is 1.22 bits per heavy atom. The van der Waals surface area contributed by atoms with E-state index < -0.39 is 4.92 Å². The Morgan fingerprint density at radius 3 is 2.74 bits per heavy atom. The van der Waals surface area contributed by atoms with E-state index in [0.717, 1.165) is 10.4 Å². The average Bonchev–Trinajstić information content (AvgIpc) is 3.16. The minimum absolute atomic E-state index is 0.0620. The number of non-ortho nitro benzene ring substituents is 1. The van der Waals surface area contributed by atoms with Crippen LogP contribution in [0, 0.1) is 17.0 Å². The van der Waals surface area contributed by atoms with Crippen LogP contribution < -0.4 is 4.90 Å². The van der Waals surface area contributed by atoms with Crippen molar-refractivity contribution in [3.8, 4) is 0 Å². The highest BCUT2D eigenvalue weighted by molar-refractivity contribution is 7.10. The highest BCUT2D eigenvalue weighted by Crippen LogP contribution is 2.45. The molecule has 1 aliphatic carbocycles. The lowest BCUT2D eigenvalue weighted by molar-refractivity contribution is -0.384. The normalized spacial score (nSPS) is 20.0. The summed E-state index contributed by atoms with van der Waals surface area (Å²) in [7, 11) is 0. The number of ketones is 1. The summed E-state index contributed by atoms with van der Waals surface area (Å²) in [6.45, 7) is 1.82. The molecule has 1 aromatic heterocycles. The molecule has 0 fully saturated rings. The number of carbonyl (C=O) groups excluding carboxylic acids is 2. The Labute approximate surface area is 160 Å². The number of hydrogen-bond donors (Lipinski definition) is 0. The SMILES string of the molecule is Cc1ccc([N+](=O)[O-])cc1N1C(=O)CC(c2cccs2)C2=C1CCCC2=O. The number of benzene rings is 1. The number of carbonyl (C=O) groups is 2. The number of thiophene rings is 1. The fourth-order valence-electron chi connectivity index (χ4n) is 3.96. The average molecular weight is 382 g/mol. The lowest BCUT2D eigenvalue weighted by Gasteiger charge is -2.38. The third-order valence-electron chi connectivity index (χ3n) is 5.21. The molecule has 7 heteroatoms. The molecule has 1 amide bonds. The predicted molar refractivity (Wildman–Crippen MR) is 103 cm³/mol. The predicted octanol–water partition coefficient (Wildman–Crippen LogP) is 4.49. The summed E-state index contributed by atoms with van der Waals surface area (Å²) in [4.78, 5) is 39.2. The molecule has 4 rings (SSSR count). The second kappa shape index (κ2) is 6.74. The number of nitro groups is 1. The first-order valence-electron chi connectivity index (χ1n) is 8.85. The minimum atomic E-state index is -0.465. The van der Waals surface area contributed by atoms with Gasteiger partial charge < -0.3 is 0 Å². The molecule has 1 aromatic carbocycles. The van der Waals surface area contributed by atoms with E-state index in [2.05, 4.69) is 0 Å². The van der Waals surface area contributed by atoms with Gasteiger partial charge in [-0.1, -0.05) is 12.1 Å². The fourth-order valence-corrected chi connectivity index (χ4v) is 4.79. The molecule has 2 aromatic rings. The van der Waals surface area contributed by atoms with Gasteiger partial charge >= 0.3 is 0 Å². The van der Waals surface area contributed by atoms with E-state index in [0.29, 0.717) is 36.2 Å². The third kappa shape index (κ3) is 2.98. The summed E-state index contributed by atoms with van der Waals surface area (Å²) in [5.41, 5.74) is 2.63. The van der Waals surface area contributed by atoms with Crippen LogP contribution in [0.1, 0.15) is 42.0 Å². The lowest BCUT2D eigenvalue weighted by atomic mass is 9.79. The van der Waals surface area contributed by atoms with Gasteiger partial charge in [-0.25, -0.2) is 0 Å². The Balaban J connectivity index is 1.89. The van der Waals surface area contributed by atoms with Crippen molar-refractivity contribution in [2.45, 2.75) is 38.5 Å². The number of nitro benzene ring substituents is 1. The van der Waals surface area contributed by atoms with Crippen molar-refractivity contribution in [1.29, 1.82) is 0 Å². The molecular formula is C20H18N2O4S. The number of amides is 1. The molecule has 1 aliphatic heterocycles. The Kier molecular flexibility index (Phi) is 4.39. The van der Waals surface area contributed by atoms with Gasteiger partial charge in [0, 0.05) is 47.0 Å². The van der Waals surface area contributed by atoms with Crippen molar-refractivity contribution in [2.75, 3.05) is 4.90 Å². The van der Waals surface area contributed by atoms with Crippen LogP contribution in [0.15, 0.2) is 47.0 Å². The maximum atomic E-state index is 13.1. The molecule has 6 nitrogen and oxygen atoms in total. The van der Waals surface area contributed by atoms with Gasteiger partial charge in [0.25, 0.3) is 5.69 Å². The van der Waals surface area contributed by atoms with Crippen LogP contribution >= 0.6 is 11.3 Å². The largest absolute Gasteiger partial charge is 0.294 e. The molecule has 27 heavy (non-hydrogen) atoms. The standard InChI is InChI=1S/C20H18N2O4S/c1-12-7-8-13(22(25)26)10-16(12)21-15-4-2-5-17(23)20(15)14(11-19(21)24)18-6-3-9-27-18/h3,6-10,14H,2,4-5,11H2,1H3. The van der Waals surface area contributed by atoms with Crippen molar-refractivity contribution >= 4 is 34.4 Å². The minimum Gasteiger partial charge on any atom is -0.294 e. The third-order valence-corrected chi connectivity index (χ3v) is 6.19. The van der Waals surface area contributed by atoms with E-state index >= 15 is 0 Å². The molecule has 0 spiro atoms. The van der Waals surface area contributed by atoms with Crippen LogP contribution in [0.25, 0.3) is 0 Å². The van der Waals surface area contributed by atoms with Crippen LogP contribution in [0.2, 0.25) is 0 Å². The van der Waals surface area contributed by atoms with Gasteiger partial charge in [0.1, 0.15) is 0 Å². The molecule has 2 heterocycles. The molecule has 1 atom stereocenters. The monoisotopic (exact) mass is 382 g/mol. The van der Waals surface area contributed by atoms with Crippen LogP contribution in [0.5, 0.6) is 0 Å². The number of hydrogen-bond acceptors (Lipinski definition) is 5. The molecule has 0 saturated carbocycles. The zero-order valence-electron chi connectivity index (χ0n) is 14.8. The summed E-state index contributed by atoms with van der Waals surface area (Å²) in [5.74, 6) is -0.253. The number of rotatable bonds is 3. The van der Waals surface area contributed by atoms with E-state index in [4.69, 9.17) is 0 Å². The molecule has 0 radical (unpaired) electrons. The summed E-state index contributed by atoms with van der Waals surface area (Å²) in [6, 6.07) is 8.40. The van der Waals surface area contributed by atoms with Crippen LogP contribution in [0.4, 0.5) is 11.4 Å². The van der Waals surface area contributed by atoms with E-state index in [9.17, 15) is 19.7 Å². The van der Waals surface area contributed by atoms with Gasteiger partial charge in [0.2, 0.25) is 5.91 Å². The molecule has 2 aliphatic rings. The number of Topliss-reactive ketones (excluding diaryl/α,β-unsaturated/α-hetero) is 1. The molecule has 0 saturated heterocycles. The van der Waals surface area contributed by atoms with Crippen molar-refractivity contribution < 1.29 is 14.5 Å². The zero-order valence-corrected chi connectivity index (χ0v) is 15.6. The summed E-state index contributed by atoms with van der Waals surface area (Å²) in [6.07, 6.45) is 1.99. The van der Waals surface area contributed by atoms with Gasteiger partial charge in [-0.15, -0.1) is 11.3 Å². The smallest absolute Gasteiger partial charge is 0.271 e. The first-order chi connectivity index (χ1) is 13.0. The van der Waals surface area contributed by atoms with E-state index in [1.165, 1.54) is 12.1 Å². The molecule has 138 valence electrons. The van der Waals surface area contributed by atoms with Gasteiger partial charge in [-0.3, -0.25) is 24.6 Å². The zero-order chi connectivity index (χ0) is 19.1. The number of allylic oxidation sites excluding steroid dienone is 2. The van der Waals surface area contributed by atoms with Gasteiger partial charge in [-0.05, 0) is 36.8 Å². The topological polar surface area (TPSA) is 80.5 Å². The summed E-state index contributed by atoms with van der Waals surface area (Å²) >= 11 is 1.55. The van der Waals surface area contributed by atoms with E-state index in [1.807, 2.05) is 24.4 Å². The summed E-state index contributed by atoms with van der Waals surface area (Å²) < 4.78 is 0. The van der Waals surface area contributed by atoms with Crippen molar-refractivity contribution in [3.05, 3.63) is 67.5 Å². The van der Waals surface area contributed by atoms with Gasteiger partial charge in [-0.2, -0.15) is 0 Å². The first kappa shape index (κ1) is 17.6. The van der Waals surface area contributed by atoms with Gasteiger partial charge in [0.15, 0.2) is 5.78 Å². The highest BCUT2D eigenvalue weighted by atomic mass is 32.1. The van der Waals surface area contributed by atoms with Crippen molar-refractivity contribution in [2.24, 2.45) is 0 Å². The number of nitrogens with zero attached hydrogens (tertiary/aromatic N) is 2. The van der Waals surface area contributed by atoms with Crippen LogP contribution in [0.3, 0.4) is 0 Å². The Morgan fingerprint density at radius 2 is 2.04 bits per heavy atom. The molecular weight excluding hydrogens is 364 g/mol. The maximum Gasteiger partial charge on any atom is 0.271 e. The molecule has 0 N–H and O–H groups in total. The van der Waals surface area contributed by atoms with Gasteiger partial charge in [0.05, 0.1) is 10.6 Å². The quantitative estimate of drug-likeness (QED) is 0.578. The van der Waals surface area contributed by atoms with Crippen molar-refractivity contribution in [1.82, 2.24) is 0 Å². The maximum absolute atomic E-state index is 13.1. The first-order valence-corrected chi connectivity index (χ1v) is 9.73. The Hall–Kier alpha value is -2.80. The number of aryl methyl sites for hydroxylation is 1.